The van der Waals surface area contributed by atoms with Gasteiger partial charge in [-0.1, -0.05) is 30.3 Å². The predicted octanol–water partition coefficient (Wildman–Crippen LogP) is 1.49. The Balaban J connectivity index is 2.15. The second kappa shape index (κ2) is 9.53. The number of unbranched alkanes of at least 4 members (excludes halogenated alkanes) is 2. The number of ether oxygens (including phenoxy) is 1. The van der Waals surface area contributed by atoms with Crippen molar-refractivity contribution in [1.29, 1.82) is 0 Å². The third-order valence-corrected chi connectivity index (χ3v) is 2.96. The molecule has 1 rings (SSSR count). The fourth-order valence-corrected chi connectivity index (χ4v) is 1.85. The molecule has 3 N–H and O–H groups in total. The Morgan fingerprint density at radius 3 is 2.68 bits per heavy atom. The molecule has 0 aliphatic heterocycles. The summed E-state index contributed by atoms with van der Waals surface area (Å²) in [6.07, 6.45) is 3.63. The first-order valence-corrected chi connectivity index (χ1v) is 6.80. The number of carbonyl (C=O) groups is 1. The summed E-state index contributed by atoms with van der Waals surface area (Å²) < 4.78 is 4.97. The van der Waals surface area contributed by atoms with Crippen molar-refractivity contribution in [3.63, 3.8) is 0 Å². The van der Waals surface area contributed by atoms with Gasteiger partial charge in [0, 0.05) is 20.3 Å². The summed E-state index contributed by atoms with van der Waals surface area (Å²) >= 11 is 0. The Morgan fingerprint density at radius 2 is 2.00 bits per heavy atom. The summed E-state index contributed by atoms with van der Waals surface area (Å²) in [5.74, 6) is -0.0735. The molecule has 0 aliphatic rings. The van der Waals surface area contributed by atoms with E-state index in [-0.39, 0.29) is 5.91 Å². The lowest BCUT2D eigenvalue weighted by molar-refractivity contribution is -0.122. The molecular weight excluding hydrogens is 240 g/mol. The number of hydrogen-bond donors (Lipinski definition) is 2. The topological polar surface area (TPSA) is 64.3 Å². The number of nitrogens with one attached hydrogen (secondary N) is 1. The second-order valence-electron chi connectivity index (χ2n) is 4.64. The summed E-state index contributed by atoms with van der Waals surface area (Å²) in [5, 5.41) is 2.87. The minimum atomic E-state index is -0.471. The van der Waals surface area contributed by atoms with Gasteiger partial charge in [-0.3, -0.25) is 4.79 Å². The molecule has 0 saturated carbocycles. The van der Waals surface area contributed by atoms with Crippen LogP contribution < -0.4 is 11.1 Å². The average molecular weight is 264 g/mol. The van der Waals surface area contributed by atoms with Gasteiger partial charge in [-0.25, -0.2) is 0 Å². The lowest BCUT2D eigenvalue weighted by atomic mass is 10.1. The molecule has 4 heteroatoms. The van der Waals surface area contributed by atoms with Crippen molar-refractivity contribution < 1.29 is 9.53 Å². The van der Waals surface area contributed by atoms with Crippen LogP contribution in [0.2, 0.25) is 0 Å². The van der Waals surface area contributed by atoms with Crippen LogP contribution in [-0.4, -0.2) is 32.2 Å². The van der Waals surface area contributed by atoms with Gasteiger partial charge in [0.15, 0.2) is 0 Å². The van der Waals surface area contributed by atoms with Crippen molar-refractivity contribution in [2.75, 3.05) is 20.3 Å². The van der Waals surface area contributed by atoms with Gasteiger partial charge in [0.1, 0.15) is 0 Å². The Kier molecular flexibility index (Phi) is 7.86. The standard InChI is InChI=1S/C15H24N2O2/c1-19-11-7-3-6-10-17-15(18)14(16)12-13-8-4-2-5-9-13/h2,4-5,8-9,14H,3,6-7,10-12,16H2,1H3,(H,17,18)/t14-/m1/s1. The highest BCUT2D eigenvalue weighted by atomic mass is 16.5. The highest BCUT2D eigenvalue weighted by Gasteiger charge is 2.12. The first kappa shape index (κ1) is 15.7. The Bertz CT molecular complexity index is 354. The number of amides is 1. The van der Waals surface area contributed by atoms with E-state index in [2.05, 4.69) is 5.32 Å². The molecule has 0 radical (unpaired) electrons. The summed E-state index contributed by atoms with van der Waals surface area (Å²) in [6, 6.07) is 9.36. The monoisotopic (exact) mass is 264 g/mol. The quantitative estimate of drug-likeness (QED) is 0.664. The van der Waals surface area contributed by atoms with Crippen LogP contribution in [0.25, 0.3) is 0 Å². The van der Waals surface area contributed by atoms with Crippen molar-refractivity contribution >= 4 is 5.91 Å². The van der Waals surface area contributed by atoms with Crippen molar-refractivity contribution in [2.45, 2.75) is 31.7 Å². The van der Waals surface area contributed by atoms with E-state index in [0.29, 0.717) is 13.0 Å². The van der Waals surface area contributed by atoms with Gasteiger partial charge in [-0.2, -0.15) is 0 Å². The molecular formula is C15H24N2O2. The zero-order valence-corrected chi connectivity index (χ0v) is 11.6. The minimum absolute atomic E-state index is 0.0735. The highest BCUT2D eigenvalue weighted by molar-refractivity contribution is 5.81. The third-order valence-electron chi connectivity index (χ3n) is 2.96. The van der Waals surface area contributed by atoms with Crippen LogP contribution in [0.4, 0.5) is 0 Å². The third kappa shape index (κ3) is 6.94. The molecule has 19 heavy (non-hydrogen) atoms. The van der Waals surface area contributed by atoms with Crippen LogP contribution >= 0.6 is 0 Å². The molecule has 0 unspecified atom stereocenters. The lowest BCUT2D eigenvalue weighted by Crippen LogP contribution is -2.42. The van der Waals surface area contributed by atoms with Crippen LogP contribution in [0.1, 0.15) is 24.8 Å². The number of hydrogen-bond acceptors (Lipinski definition) is 3. The highest BCUT2D eigenvalue weighted by Crippen LogP contribution is 2.02. The minimum Gasteiger partial charge on any atom is -0.385 e. The van der Waals surface area contributed by atoms with Crippen molar-refractivity contribution in [1.82, 2.24) is 5.32 Å². The molecule has 1 aromatic carbocycles. The maximum atomic E-state index is 11.8. The van der Waals surface area contributed by atoms with E-state index in [1.54, 1.807) is 7.11 Å². The molecule has 0 saturated heterocycles. The van der Waals surface area contributed by atoms with Crippen molar-refractivity contribution in [3.8, 4) is 0 Å². The Labute approximate surface area is 115 Å². The van der Waals surface area contributed by atoms with Gasteiger partial charge in [0.05, 0.1) is 6.04 Å². The number of rotatable bonds is 9. The number of nitrogens with two attached hydrogens (primary N) is 1. The Morgan fingerprint density at radius 1 is 1.26 bits per heavy atom. The molecule has 1 aromatic rings. The zero-order chi connectivity index (χ0) is 13.9. The van der Waals surface area contributed by atoms with E-state index in [4.69, 9.17) is 10.5 Å². The van der Waals surface area contributed by atoms with Crippen LogP contribution in [-0.2, 0) is 16.0 Å². The van der Waals surface area contributed by atoms with E-state index in [1.165, 1.54) is 0 Å². The molecule has 0 aromatic heterocycles. The predicted molar refractivity (Wildman–Crippen MR) is 76.9 cm³/mol. The first-order chi connectivity index (χ1) is 9.24. The van der Waals surface area contributed by atoms with E-state index < -0.39 is 6.04 Å². The molecule has 0 bridgehead atoms. The fourth-order valence-electron chi connectivity index (χ4n) is 1.85. The molecule has 0 heterocycles. The number of benzene rings is 1. The second-order valence-corrected chi connectivity index (χ2v) is 4.64. The molecule has 0 spiro atoms. The molecule has 106 valence electrons. The summed E-state index contributed by atoms with van der Waals surface area (Å²) in [6.45, 7) is 1.46. The first-order valence-electron chi connectivity index (χ1n) is 6.80. The maximum Gasteiger partial charge on any atom is 0.237 e. The van der Waals surface area contributed by atoms with Crippen molar-refractivity contribution in [3.05, 3.63) is 35.9 Å². The van der Waals surface area contributed by atoms with Gasteiger partial charge in [-0.15, -0.1) is 0 Å². The number of methoxy groups -OCH3 is 1. The van der Waals surface area contributed by atoms with Gasteiger partial charge in [-0.05, 0) is 31.2 Å². The van der Waals surface area contributed by atoms with Gasteiger partial charge in [0.2, 0.25) is 5.91 Å². The molecule has 0 fully saturated rings. The largest absolute Gasteiger partial charge is 0.385 e. The van der Waals surface area contributed by atoms with E-state index in [9.17, 15) is 4.79 Å². The normalized spacial score (nSPS) is 12.1. The van der Waals surface area contributed by atoms with Crippen molar-refractivity contribution in [2.24, 2.45) is 5.73 Å². The van der Waals surface area contributed by atoms with Crippen LogP contribution in [0, 0.1) is 0 Å². The molecule has 1 atom stereocenters. The zero-order valence-electron chi connectivity index (χ0n) is 11.6. The van der Waals surface area contributed by atoms with Crippen LogP contribution in [0.5, 0.6) is 0 Å². The summed E-state index contributed by atoms with van der Waals surface area (Å²) in [7, 11) is 1.70. The van der Waals surface area contributed by atoms with Gasteiger partial charge in [0.25, 0.3) is 0 Å². The summed E-state index contributed by atoms with van der Waals surface area (Å²) in [4.78, 5) is 11.8. The van der Waals surface area contributed by atoms with E-state index in [1.807, 2.05) is 30.3 Å². The average Bonchev–Trinajstić information content (AvgIpc) is 2.43. The molecule has 0 aliphatic carbocycles. The van der Waals surface area contributed by atoms with E-state index >= 15 is 0 Å². The smallest absolute Gasteiger partial charge is 0.237 e. The summed E-state index contributed by atoms with van der Waals surface area (Å²) in [5.41, 5.74) is 6.97. The number of carbonyl (C=O) groups excluding carboxylic acids is 1. The van der Waals surface area contributed by atoms with Crippen LogP contribution in [0.3, 0.4) is 0 Å². The SMILES string of the molecule is COCCCCCNC(=O)[C@H](N)Cc1ccccc1. The lowest BCUT2D eigenvalue weighted by Gasteiger charge is -2.12. The maximum absolute atomic E-state index is 11.8. The van der Waals surface area contributed by atoms with Crippen LogP contribution in [0.15, 0.2) is 30.3 Å². The van der Waals surface area contributed by atoms with E-state index in [0.717, 1.165) is 31.4 Å². The molecule has 1 amide bonds. The molecule has 4 nitrogen and oxygen atoms in total. The Hall–Kier alpha value is -1.39. The fraction of sp³-hybridized carbons (Fsp3) is 0.533. The van der Waals surface area contributed by atoms with Gasteiger partial charge < -0.3 is 15.8 Å². The van der Waals surface area contributed by atoms with Gasteiger partial charge >= 0.3 is 0 Å².